The third-order valence-electron chi connectivity index (χ3n) is 2.89. The van der Waals surface area contributed by atoms with Crippen molar-refractivity contribution < 1.29 is 4.74 Å². The summed E-state index contributed by atoms with van der Waals surface area (Å²) in [6.07, 6.45) is 5.24. The summed E-state index contributed by atoms with van der Waals surface area (Å²) in [6.45, 7) is 0. The minimum absolute atomic E-state index is 0.118. The van der Waals surface area contributed by atoms with Gasteiger partial charge in [0.2, 0.25) is 0 Å². The normalized spacial score (nSPS) is 12.7. The van der Waals surface area contributed by atoms with E-state index in [0.717, 1.165) is 6.42 Å². The minimum Gasteiger partial charge on any atom is -0.377 e. The van der Waals surface area contributed by atoms with Crippen LogP contribution in [0.1, 0.15) is 11.1 Å². The first kappa shape index (κ1) is 12.6. The van der Waals surface area contributed by atoms with E-state index >= 15 is 0 Å². The summed E-state index contributed by atoms with van der Waals surface area (Å²) in [5.74, 6) is 0. The first-order valence-corrected chi connectivity index (χ1v) is 6.18. The fourth-order valence-corrected chi connectivity index (χ4v) is 1.86. The van der Waals surface area contributed by atoms with Gasteiger partial charge in [0, 0.05) is 13.5 Å². The number of ether oxygens (including phenoxy) is 1. The molecule has 0 heterocycles. The van der Waals surface area contributed by atoms with Crippen LogP contribution in [0.2, 0.25) is 0 Å². The lowest BCUT2D eigenvalue weighted by atomic mass is 10.1. The highest BCUT2D eigenvalue weighted by atomic mass is 16.5. The van der Waals surface area contributed by atoms with Gasteiger partial charge in [0.15, 0.2) is 0 Å². The molecule has 2 rings (SSSR count). The molecule has 0 radical (unpaired) electrons. The highest BCUT2D eigenvalue weighted by Gasteiger charge is 2.03. The molecule has 0 saturated carbocycles. The Bertz CT molecular complexity index is 473. The first-order valence-electron chi connectivity index (χ1n) is 6.18. The first-order chi connectivity index (χ1) is 8.88. The summed E-state index contributed by atoms with van der Waals surface area (Å²) >= 11 is 0. The fourth-order valence-electron chi connectivity index (χ4n) is 1.86. The molecule has 1 atom stereocenters. The monoisotopic (exact) mass is 238 g/mol. The molecular formula is C17H18O. The van der Waals surface area contributed by atoms with Crippen molar-refractivity contribution in [3.63, 3.8) is 0 Å². The minimum atomic E-state index is 0.118. The van der Waals surface area contributed by atoms with Crippen LogP contribution in [-0.4, -0.2) is 13.2 Å². The van der Waals surface area contributed by atoms with Crippen LogP contribution in [-0.2, 0) is 11.2 Å². The van der Waals surface area contributed by atoms with Gasteiger partial charge in [-0.2, -0.15) is 0 Å². The van der Waals surface area contributed by atoms with Gasteiger partial charge in [-0.3, -0.25) is 0 Å². The summed E-state index contributed by atoms with van der Waals surface area (Å²) in [6, 6.07) is 20.7. The lowest BCUT2D eigenvalue weighted by Crippen LogP contribution is -2.10. The van der Waals surface area contributed by atoms with Crippen molar-refractivity contribution in [3.8, 4) is 0 Å². The third-order valence-corrected chi connectivity index (χ3v) is 2.89. The van der Waals surface area contributed by atoms with Crippen LogP contribution >= 0.6 is 0 Å². The van der Waals surface area contributed by atoms with E-state index in [4.69, 9.17) is 4.74 Å². The van der Waals surface area contributed by atoms with E-state index in [1.807, 2.05) is 24.3 Å². The Morgan fingerprint density at radius 2 is 1.56 bits per heavy atom. The largest absolute Gasteiger partial charge is 0.377 e. The maximum Gasteiger partial charge on any atom is 0.0795 e. The summed E-state index contributed by atoms with van der Waals surface area (Å²) in [4.78, 5) is 0. The van der Waals surface area contributed by atoms with Crippen LogP contribution in [0.5, 0.6) is 0 Å². The molecule has 0 amide bonds. The Morgan fingerprint density at radius 1 is 0.944 bits per heavy atom. The fraction of sp³-hybridized carbons (Fsp3) is 0.176. The van der Waals surface area contributed by atoms with Gasteiger partial charge < -0.3 is 4.74 Å². The maximum atomic E-state index is 5.49. The van der Waals surface area contributed by atoms with Gasteiger partial charge in [-0.05, 0) is 11.1 Å². The predicted molar refractivity (Wildman–Crippen MR) is 76.4 cm³/mol. The number of hydrogen-bond acceptors (Lipinski definition) is 1. The van der Waals surface area contributed by atoms with Crippen molar-refractivity contribution in [2.24, 2.45) is 0 Å². The summed E-state index contributed by atoms with van der Waals surface area (Å²) in [5.41, 5.74) is 2.50. The predicted octanol–water partition coefficient (Wildman–Crippen LogP) is 3.96. The lowest BCUT2D eigenvalue weighted by Gasteiger charge is -2.10. The standard InChI is InChI=1S/C17H18O/c1-18-17(14-16-10-6-3-7-11-16)13-12-15-8-4-2-5-9-15/h2-13,17H,14H2,1H3. The molecule has 0 N–H and O–H groups in total. The molecule has 0 saturated heterocycles. The highest BCUT2D eigenvalue weighted by Crippen LogP contribution is 2.09. The molecular weight excluding hydrogens is 220 g/mol. The van der Waals surface area contributed by atoms with E-state index in [1.165, 1.54) is 11.1 Å². The van der Waals surface area contributed by atoms with Gasteiger partial charge in [-0.15, -0.1) is 0 Å². The summed E-state index contributed by atoms with van der Waals surface area (Å²) < 4.78 is 5.49. The lowest BCUT2D eigenvalue weighted by molar-refractivity contribution is 0.142. The van der Waals surface area contributed by atoms with Crippen LogP contribution < -0.4 is 0 Å². The van der Waals surface area contributed by atoms with E-state index in [-0.39, 0.29) is 6.10 Å². The van der Waals surface area contributed by atoms with Gasteiger partial charge in [0.1, 0.15) is 0 Å². The number of hydrogen-bond donors (Lipinski definition) is 0. The molecule has 0 aromatic heterocycles. The van der Waals surface area contributed by atoms with Gasteiger partial charge >= 0.3 is 0 Å². The number of benzene rings is 2. The smallest absolute Gasteiger partial charge is 0.0795 e. The molecule has 0 aliphatic heterocycles. The van der Waals surface area contributed by atoms with Crippen LogP contribution in [0.25, 0.3) is 6.08 Å². The zero-order valence-electron chi connectivity index (χ0n) is 10.6. The van der Waals surface area contributed by atoms with Crippen molar-refractivity contribution in [1.29, 1.82) is 0 Å². The maximum absolute atomic E-state index is 5.49. The molecule has 2 aromatic carbocycles. The molecule has 2 aromatic rings. The SMILES string of the molecule is COC(C=Cc1ccccc1)Cc1ccccc1. The molecule has 1 nitrogen and oxygen atoms in total. The van der Waals surface area contributed by atoms with Crippen LogP contribution in [0.4, 0.5) is 0 Å². The quantitative estimate of drug-likeness (QED) is 0.766. The van der Waals surface area contributed by atoms with E-state index in [1.54, 1.807) is 7.11 Å². The van der Waals surface area contributed by atoms with Crippen molar-refractivity contribution in [2.75, 3.05) is 7.11 Å². The highest BCUT2D eigenvalue weighted by molar-refractivity contribution is 5.49. The average Bonchev–Trinajstić information content (AvgIpc) is 2.45. The molecule has 0 aliphatic rings. The molecule has 1 unspecified atom stereocenters. The van der Waals surface area contributed by atoms with Gasteiger partial charge in [-0.1, -0.05) is 72.8 Å². The molecule has 0 aliphatic carbocycles. The van der Waals surface area contributed by atoms with Crippen molar-refractivity contribution in [2.45, 2.75) is 12.5 Å². The Kier molecular flexibility index (Phi) is 4.74. The van der Waals surface area contributed by atoms with Crippen LogP contribution in [0, 0.1) is 0 Å². The Labute approximate surface area is 109 Å². The van der Waals surface area contributed by atoms with Gasteiger partial charge in [0.05, 0.1) is 6.10 Å². The zero-order chi connectivity index (χ0) is 12.6. The second-order valence-corrected chi connectivity index (χ2v) is 4.23. The van der Waals surface area contributed by atoms with E-state index in [0.29, 0.717) is 0 Å². The zero-order valence-corrected chi connectivity index (χ0v) is 10.6. The Morgan fingerprint density at radius 3 is 2.17 bits per heavy atom. The molecule has 1 heteroatoms. The van der Waals surface area contributed by atoms with Crippen molar-refractivity contribution in [1.82, 2.24) is 0 Å². The molecule has 0 spiro atoms. The Balaban J connectivity index is 2.00. The average molecular weight is 238 g/mol. The Hall–Kier alpha value is -1.86. The molecule has 18 heavy (non-hydrogen) atoms. The van der Waals surface area contributed by atoms with Gasteiger partial charge in [0.25, 0.3) is 0 Å². The summed E-state index contributed by atoms with van der Waals surface area (Å²) in [5, 5.41) is 0. The van der Waals surface area contributed by atoms with Crippen molar-refractivity contribution in [3.05, 3.63) is 77.9 Å². The number of methoxy groups -OCH3 is 1. The molecule has 92 valence electrons. The third kappa shape index (κ3) is 3.86. The van der Waals surface area contributed by atoms with E-state index in [9.17, 15) is 0 Å². The van der Waals surface area contributed by atoms with Crippen molar-refractivity contribution >= 4 is 6.08 Å². The topological polar surface area (TPSA) is 9.23 Å². The van der Waals surface area contributed by atoms with Gasteiger partial charge in [-0.25, -0.2) is 0 Å². The summed E-state index contributed by atoms with van der Waals surface area (Å²) in [7, 11) is 1.75. The number of rotatable bonds is 5. The van der Waals surface area contributed by atoms with Crippen LogP contribution in [0.15, 0.2) is 66.7 Å². The molecule has 0 fully saturated rings. The van der Waals surface area contributed by atoms with Crippen LogP contribution in [0.3, 0.4) is 0 Å². The second-order valence-electron chi connectivity index (χ2n) is 4.23. The second kappa shape index (κ2) is 6.77. The van der Waals surface area contributed by atoms with E-state index in [2.05, 4.69) is 48.6 Å². The molecule has 0 bridgehead atoms. The van der Waals surface area contributed by atoms with E-state index < -0.39 is 0 Å².